The van der Waals surface area contributed by atoms with Gasteiger partial charge in [0.05, 0.1) is 23.7 Å². The number of benzene rings is 1. The van der Waals surface area contributed by atoms with Gasteiger partial charge in [-0.15, -0.1) is 0 Å². The molecule has 1 unspecified atom stereocenters. The summed E-state index contributed by atoms with van der Waals surface area (Å²) in [7, 11) is 0. The average Bonchev–Trinajstić information content (AvgIpc) is 2.62. The van der Waals surface area contributed by atoms with Gasteiger partial charge in [-0.3, -0.25) is 9.78 Å². The molecule has 2 heterocycles. The fraction of sp³-hybridized carbons (Fsp3) is 0.368. The summed E-state index contributed by atoms with van der Waals surface area (Å²) in [4.78, 5) is 18.8. The Morgan fingerprint density at radius 1 is 1.16 bits per heavy atom. The summed E-state index contributed by atoms with van der Waals surface area (Å²) < 4.78 is 38.5. The quantitative estimate of drug-likeness (QED) is 0.824. The maximum Gasteiger partial charge on any atom is 0.416 e. The predicted octanol–water partition coefficient (Wildman–Crippen LogP) is 4.40. The molecule has 1 saturated heterocycles. The van der Waals surface area contributed by atoms with Crippen molar-refractivity contribution in [1.82, 2.24) is 9.88 Å². The molecule has 0 radical (unpaired) electrons. The number of alkyl halides is 3. The molecule has 1 aromatic carbocycles. The third kappa shape index (κ3) is 4.18. The second-order valence-electron chi connectivity index (χ2n) is 6.23. The van der Waals surface area contributed by atoms with Crippen molar-refractivity contribution >= 4 is 5.91 Å². The molecule has 0 spiro atoms. The van der Waals surface area contributed by atoms with Gasteiger partial charge in [0.1, 0.15) is 0 Å². The van der Waals surface area contributed by atoms with Crippen molar-refractivity contribution in [2.24, 2.45) is 0 Å². The Hall–Kier alpha value is -2.37. The molecule has 3 nitrogen and oxygen atoms in total. The van der Waals surface area contributed by atoms with E-state index in [1.165, 1.54) is 6.07 Å². The number of hydrogen-bond donors (Lipinski definition) is 0. The van der Waals surface area contributed by atoms with E-state index in [0.717, 1.165) is 37.1 Å². The lowest BCUT2D eigenvalue weighted by Gasteiger charge is -2.35. The first-order valence-corrected chi connectivity index (χ1v) is 8.31. The molecule has 0 bridgehead atoms. The highest BCUT2D eigenvalue weighted by atomic mass is 19.4. The number of hydrogen-bond acceptors (Lipinski definition) is 2. The number of carbonyl (C=O) groups excluding carboxylic acids is 1. The van der Waals surface area contributed by atoms with Crippen LogP contribution in [0.5, 0.6) is 0 Å². The van der Waals surface area contributed by atoms with Crippen molar-refractivity contribution in [1.29, 1.82) is 0 Å². The first-order valence-electron chi connectivity index (χ1n) is 8.31. The topological polar surface area (TPSA) is 33.2 Å². The number of piperidine rings is 1. The molecule has 0 saturated carbocycles. The number of aromatic nitrogens is 1. The highest BCUT2D eigenvalue weighted by Crippen LogP contribution is 2.32. The predicted molar refractivity (Wildman–Crippen MR) is 87.7 cm³/mol. The van der Waals surface area contributed by atoms with Crippen LogP contribution >= 0.6 is 0 Å². The molecule has 1 aliphatic heterocycles. The highest BCUT2D eigenvalue weighted by molar-refractivity contribution is 5.79. The molecule has 0 aliphatic carbocycles. The molecule has 1 amide bonds. The van der Waals surface area contributed by atoms with Gasteiger partial charge in [-0.25, -0.2) is 0 Å². The van der Waals surface area contributed by atoms with E-state index in [9.17, 15) is 18.0 Å². The Labute approximate surface area is 144 Å². The van der Waals surface area contributed by atoms with Crippen molar-refractivity contribution in [2.75, 3.05) is 6.54 Å². The number of carbonyl (C=O) groups is 1. The minimum atomic E-state index is -4.40. The van der Waals surface area contributed by atoms with Crippen LogP contribution in [0.4, 0.5) is 13.2 Å². The van der Waals surface area contributed by atoms with Crippen molar-refractivity contribution in [3.05, 3.63) is 65.5 Å². The van der Waals surface area contributed by atoms with Crippen LogP contribution in [0.3, 0.4) is 0 Å². The summed E-state index contributed by atoms with van der Waals surface area (Å²) in [5.41, 5.74) is 0.488. The maximum absolute atomic E-state index is 12.8. The number of halogens is 3. The van der Waals surface area contributed by atoms with Crippen LogP contribution < -0.4 is 0 Å². The Morgan fingerprint density at radius 3 is 2.72 bits per heavy atom. The molecule has 1 aliphatic rings. The largest absolute Gasteiger partial charge is 0.416 e. The van der Waals surface area contributed by atoms with Gasteiger partial charge in [-0.1, -0.05) is 24.3 Å². The van der Waals surface area contributed by atoms with E-state index in [2.05, 4.69) is 4.98 Å². The molecular formula is C19H19F3N2O. The van der Waals surface area contributed by atoms with Crippen LogP contribution in [0, 0.1) is 0 Å². The normalized spacial score (nSPS) is 18.2. The van der Waals surface area contributed by atoms with Crippen molar-refractivity contribution in [2.45, 2.75) is 37.9 Å². The number of rotatable bonds is 3. The van der Waals surface area contributed by atoms with Gasteiger partial charge >= 0.3 is 6.18 Å². The summed E-state index contributed by atoms with van der Waals surface area (Å²) >= 11 is 0. The summed E-state index contributed by atoms with van der Waals surface area (Å²) in [6, 6.07) is 10.5. The molecule has 3 rings (SSSR count). The van der Waals surface area contributed by atoms with E-state index in [4.69, 9.17) is 0 Å². The second-order valence-corrected chi connectivity index (χ2v) is 6.23. The van der Waals surface area contributed by atoms with Crippen LogP contribution in [-0.4, -0.2) is 22.3 Å². The minimum absolute atomic E-state index is 0.0345. The van der Waals surface area contributed by atoms with Gasteiger partial charge in [-0.05, 0) is 43.0 Å². The van der Waals surface area contributed by atoms with Crippen LogP contribution in [0.1, 0.15) is 42.1 Å². The molecule has 6 heteroatoms. The van der Waals surface area contributed by atoms with Gasteiger partial charge in [0, 0.05) is 12.7 Å². The van der Waals surface area contributed by atoms with Gasteiger partial charge in [-0.2, -0.15) is 13.2 Å². The fourth-order valence-electron chi connectivity index (χ4n) is 3.24. The molecule has 132 valence electrons. The first kappa shape index (κ1) is 17.5. The van der Waals surface area contributed by atoms with Gasteiger partial charge in [0.2, 0.25) is 5.91 Å². The van der Waals surface area contributed by atoms with Crippen molar-refractivity contribution < 1.29 is 18.0 Å². The van der Waals surface area contributed by atoms with Gasteiger partial charge in [0.15, 0.2) is 0 Å². The molecule has 2 aromatic rings. The number of pyridine rings is 1. The van der Waals surface area contributed by atoms with Crippen molar-refractivity contribution in [3.8, 4) is 0 Å². The summed E-state index contributed by atoms with van der Waals surface area (Å²) in [6.07, 6.45) is -0.00901. The van der Waals surface area contributed by atoms with E-state index in [1.54, 1.807) is 17.2 Å². The molecule has 25 heavy (non-hydrogen) atoms. The molecule has 1 aromatic heterocycles. The monoisotopic (exact) mass is 348 g/mol. The lowest BCUT2D eigenvalue weighted by atomic mass is 9.97. The van der Waals surface area contributed by atoms with Crippen LogP contribution in [0.25, 0.3) is 0 Å². The average molecular weight is 348 g/mol. The van der Waals surface area contributed by atoms with Crippen molar-refractivity contribution in [3.63, 3.8) is 0 Å². The standard InChI is InChI=1S/C19H19F3N2O/c20-19(21,22)15-7-5-6-14(12-15)13-18(25)24-11-4-2-9-17(24)16-8-1-3-10-23-16/h1,3,5-8,10,12,17H,2,4,9,11,13H2. The lowest BCUT2D eigenvalue weighted by molar-refractivity contribution is -0.138. The first-order chi connectivity index (χ1) is 11.9. The maximum atomic E-state index is 12.8. The number of amides is 1. The third-order valence-corrected chi connectivity index (χ3v) is 4.46. The zero-order valence-electron chi connectivity index (χ0n) is 13.7. The Balaban J connectivity index is 1.77. The summed E-state index contributed by atoms with van der Waals surface area (Å²) in [5, 5.41) is 0. The van der Waals surface area contributed by atoms with Gasteiger partial charge < -0.3 is 4.90 Å². The molecule has 1 fully saturated rings. The van der Waals surface area contributed by atoms with Crippen LogP contribution in [-0.2, 0) is 17.4 Å². The lowest BCUT2D eigenvalue weighted by Crippen LogP contribution is -2.39. The zero-order chi connectivity index (χ0) is 17.9. The Morgan fingerprint density at radius 2 is 2.00 bits per heavy atom. The minimum Gasteiger partial charge on any atom is -0.334 e. The Bertz CT molecular complexity index is 731. The summed E-state index contributed by atoms with van der Waals surface area (Å²) in [5.74, 6) is -0.158. The summed E-state index contributed by atoms with van der Waals surface area (Å²) in [6.45, 7) is 0.610. The smallest absolute Gasteiger partial charge is 0.334 e. The fourth-order valence-corrected chi connectivity index (χ4v) is 3.24. The molecular weight excluding hydrogens is 329 g/mol. The van der Waals surface area contributed by atoms with E-state index in [-0.39, 0.29) is 18.4 Å². The number of likely N-dealkylation sites (tertiary alicyclic amines) is 1. The second kappa shape index (κ2) is 7.25. The van der Waals surface area contributed by atoms with E-state index >= 15 is 0 Å². The Kier molecular flexibility index (Phi) is 5.06. The number of nitrogens with zero attached hydrogens (tertiary/aromatic N) is 2. The van der Waals surface area contributed by atoms with Crippen LogP contribution in [0.15, 0.2) is 48.7 Å². The van der Waals surface area contributed by atoms with E-state index in [1.807, 2.05) is 18.2 Å². The van der Waals surface area contributed by atoms with Gasteiger partial charge in [0.25, 0.3) is 0 Å². The molecule has 0 N–H and O–H groups in total. The molecule has 1 atom stereocenters. The van der Waals surface area contributed by atoms with E-state index in [0.29, 0.717) is 12.1 Å². The van der Waals surface area contributed by atoms with Crippen LogP contribution in [0.2, 0.25) is 0 Å². The third-order valence-electron chi connectivity index (χ3n) is 4.46. The zero-order valence-corrected chi connectivity index (χ0v) is 13.7. The SMILES string of the molecule is O=C(Cc1cccc(C(F)(F)F)c1)N1CCCCC1c1ccccn1. The highest BCUT2D eigenvalue weighted by Gasteiger charge is 2.31. The van der Waals surface area contributed by atoms with E-state index < -0.39 is 11.7 Å².